The fourth-order valence-corrected chi connectivity index (χ4v) is 3.91. The number of para-hydroxylation sites is 1. The maximum Gasteiger partial charge on any atom is 0.0633 e. The minimum Gasteiger partial charge on any atom is -0.354 e. The fourth-order valence-electron chi connectivity index (χ4n) is 3.91. The van der Waals surface area contributed by atoms with E-state index in [9.17, 15) is 0 Å². The summed E-state index contributed by atoms with van der Waals surface area (Å²) in [5, 5.41) is 14.9. The van der Waals surface area contributed by atoms with Crippen molar-refractivity contribution in [2.24, 2.45) is 0 Å². The summed E-state index contributed by atoms with van der Waals surface area (Å²) in [4.78, 5) is 8.06. The number of benzene rings is 3. The molecule has 23 heavy (non-hydrogen) atoms. The predicted molar refractivity (Wildman–Crippen MR) is 94.8 cm³/mol. The number of nitrogens with zero attached hydrogens (tertiary/aromatic N) is 1. The minimum absolute atomic E-state index is 1.11. The molecular weight excluding hydrogens is 284 g/mol. The van der Waals surface area contributed by atoms with E-state index in [1.165, 1.54) is 48.7 Å². The van der Waals surface area contributed by atoms with E-state index in [1.54, 1.807) is 0 Å². The van der Waals surface area contributed by atoms with E-state index in [-0.39, 0.29) is 0 Å². The molecule has 6 rings (SSSR count). The van der Waals surface area contributed by atoms with Crippen LogP contribution >= 0.6 is 0 Å². The van der Waals surface area contributed by atoms with Crippen LogP contribution in [-0.4, -0.2) is 20.2 Å². The SMILES string of the molecule is c1ccc2c(c1)[nH]c1c3ccc4[nH][nH]cc4c3c3cncc3c21. The van der Waals surface area contributed by atoms with Gasteiger partial charge in [-0.05, 0) is 12.1 Å². The van der Waals surface area contributed by atoms with Crippen LogP contribution in [-0.2, 0) is 0 Å². The first-order valence-corrected chi connectivity index (χ1v) is 7.66. The number of fused-ring (bicyclic) bond motifs is 10. The number of hydrogen-bond acceptors (Lipinski definition) is 1. The van der Waals surface area contributed by atoms with Gasteiger partial charge in [-0.3, -0.25) is 4.98 Å². The molecule has 3 heterocycles. The van der Waals surface area contributed by atoms with Gasteiger partial charge in [0.1, 0.15) is 0 Å². The number of nitrogens with one attached hydrogen (secondary N) is 3. The second kappa shape index (κ2) is 3.73. The van der Waals surface area contributed by atoms with Crippen molar-refractivity contribution in [2.75, 3.05) is 0 Å². The van der Waals surface area contributed by atoms with Gasteiger partial charge in [0.05, 0.1) is 11.0 Å². The van der Waals surface area contributed by atoms with Gasteiger partial charge in [0.2, 0.25) is 0 Å². The molecular formula is C19H12N4. The van der Waals surface area contributed by atoms with Crippen molar-refractivity contribution in [2.45, 2.75) is 0 Å². The van der Waals surface area contributed by atoms with Crippen LogP contribution in [0.5, 0.6) is 0 Å². The van der Waals surface area contributed by atoms with E-state index in [0.29, 0.717) is 0 Å². The summed E-state index contributed by atoms with van der Waals surface area (Å²) in [5.41, 5.74) is 3.46. The van der Waals surface area contributed by atoms with Crippen LogP contribution in [0.25, 0.3) is 54.3 Å². The van der Waals surface area contributed by atoms with Gasteiger partial charge in [-0.1, -0.05) is 24.3 Å². The van der Waals surface area contributed by atoms with Crippen molar-refractivity contribution in [3.8, 4) is 0 Å². The largest absolute Gasteiger partial charge is 0.354 e. The van der Waals surface area contributed by atoms with Crippen LogP contribution in [0.15, 0.2) is 55.0 Å². The van der Waals surface area contributed by atoms with Gasteiger partial charge in [-0.25, -0.2) is 0 Å². The first-order chi connectivity index (χ1) is 11.4. The fraction of sp³-hybridized carbons (Fsp3) is 0. The molecule has 0 amide bonds. The molecule has 0 fully saturated rings. The summed E-state index contributed by atoms with van der Waals surface area (Å²) < 4.78 is 0. The van der Waals surface area contributed by atoms with Crippen molar-refractivity contribution in [3.05, 3.63) is 55.0 Å². The van der Waals surface area contributed by atoms with E-state index >= 15 is 0 Å². The van der Waals surface area contributed by atoms with Crippen molar-refractivity contribution in [1.29, 1.82) is 0 Å². The number of rotatable bonds is 0. The van der Waals surface area contributed by atoms with Crippen molar-refractivity contribution in [3.63, 3.8) is 0 Å². The summed E-state index contributed by atoms with van der Waals surface area (Å²) in [5.74, 6) is 0. The lowest BCUT2D eigenvalue weighted by molar-refractivity contribution is 1.12. The third kappa shape index (κ3) is 1.25. The Kier molecular flexibility index (Phi) is 1.84. The zero-order chi connectivity index (χ0) is 15.0. The lowest BCUT2D eigenvalue weighted by Gasteiger charge is -2.05. The highest BCUT2D eigenvalue weighted by Crippen LogP contribution is 2.40. The van der Waals surface area contributed by atoms with Crippen LogP contribution < -0.4 is 0 Å². The number of H-pyrrole nitrogens is 3. The summed E-state index contributed by atoms with van der Waals surface area (Å²) in [7, 11) is 0. The van der Waals surface area contributed by atoms with Crippen molar-refractivity contribution in [1.82, 2.24) is 20.2 Å². The molecule has 0 radical (unpaired) electrons. The quantitative estimate of drug-likeness (QED) is 0.369. The molecule has 3 N–H and O–H groups in total. The van der Waals surface area contributed by atoms with Crippen LogP contribution in [0.3, 0.4) is 0 Å². The number of aromatic nitrogens is 4. The van der Waals surface area contributed by atoms with E-state index < -0.39 is 0 Å². The van der Waals surface area contributed by atoms with Crippen molar-refractivity contribution < 1.29 is 0 Å². The van der Waals surface area contributed by atoms with Crippen LogP contribution in [0.1, 0.15) is 0 Å². The van der Waals surface area contributed by atoms with Crippen molar-refractivity contribution >= 4 is 54.3 Å². The van der Waals surface area contributed by atoms with Gasteiger partial charge >= 0.3 is 0 Å². The topological polar surface area (TPSA) is 60.3 Å². The highest BCUT2D eigenvalue weighted by Gasteiger charge is 2.16. The molecule has 0 aliphatic rings. The zero-order valence-corrected chi connectivity index (χ0v) is 12.1. The van der Waals surface area contributed by atoms with Gasteiger partial charge in [0.15, 0.2) is 0 Å². The van der Waals surface area contributed by atoms with Gasteiger partial charge in [-0.2, -0.15) is 0 Å². The number of aromatic amines is 3. The Labute approximate surface area is 130 Å². The zero-order valence-electron chi connectivity index (χ0n) is 12.1. The molecule has 0 saturated heterocycles. The normalized spacial score (nSPS) is 12.3. The van der Waals surface area contributed by atoms with Crippen LogP contribution in [0.4, 0.5) is 0 Å². The molecule has 0 unspecified atom stereocenters. The van der Waals surface area contributed by atoms with Gasteiger partial charge < -0.3 is 15.2 Å². The lowest BCUT2D eigenvalue weighted by Crippen LogP contribution is -1.80. The first kappa shape index (κ1) is 11.3. The Morgan fingerprint density at radius 1 is 0.696 bits per heavy atom. The highest BCUT2D eigenvalue weighted by molar-refractivity contribution is 6.35. The average Bonchev–Trinajstić information content (AvgIpc) is 3.30. The van der Waals surface area contributed by atoms with E-state index in [4.69, 9.17) is 0 Å². The van der Waals surface area contributed by atoms with E-state index in [1.807, 2.05) is 18.6 Å². The van der Waals surface area contributed by atoms with Gasteiger partial charge in [0, 0.05) is 61.8 Å². The Bertz CT molecular complexity index is 1360. The summed E-state index contributed by atoms with van der Waals surface area (Å²) in [6.45, 7) is 0. The molecule has 0 bridgehead atoms. The molecule has 108 valence electrons. The molecule has 3 aromatic carbocycles. The maximum atomic E-state index is 4.44. The summed E-state index contributed by atoms with van der Waals surface area (Å²) in [6, 6.07) is 12.8. The van der Waals surface area contributed by atoms with Gasteiger partial charge in [0.25, 0.3) is 0 Å². The lowest BCUT2D eigenvalue weighted by atomic mass is 9.97. The molecule has 0 spiro atoms. The third-order valence-corrected chi connectivity index (χ3v) is 4.88. The second-order valence-corrected chi connectivity index (χ2v) is 6.02. The summed E-state index contributed by atoms with van der Waals surface area (Å²) in [6.07, 6.45) is 5.98. The molecule has 4 heteroatoms. The highest BCUT2D eigenvalue weighted by atomic mass is 15.1. The Morgan fingerprint density at radius 2 is 1.57 bits per heavy atom. The smallest absolute Gasteiger partial charge is 0.0633 e. The maximum absolute atomic E-state index is 4.44. The molecule has 6 aromatic rings. The van der Waals surface area contributed by atoms with E-state index in [2.05, 4.69) is 56.6 Å². The first-order valence-electron chi connectivity index (χ1n) is 7.66. The van der Waals surface area contributed by atoms with E-state index in [0.717, 1.165) is 5.52 Å². The molecule has 0 aliphatic heterocycles. The third-order valence-electron chi connectivity index (χ3n) is 4.88. The monoisotopic (exact) mass is 296 g/mol. The van der Waals surface area contributed by atoms with Crippen LogP contribution in [0, 0.1) is 0 Å². The second-order valence-electron chi connectivity index (χ2n) is 6.02. The van der Waals surface area contributed by atoms with Crippen LogP contribution in [0.2, 0.25) is 0 Å². The Morgan fingerprint density at radius 3 is 2.52 bits per heavy atom. The molecule has 0 saturated carbocycles. The molecule has 0 aliphatic carbocycles. The Hall–Kier alpha value is -3.27. The minimum atomic E-state index is 1.11. The predicted octanol–water partition coefficient (Wildman–Crippen LogP) is 4.83. The average molecular weight is 296 g/mol. The standard InChI is InChI=1S/C19H12N4/c1-2-4-15-10(3-1)18-13-8-20-7-12(13)17-11(19(18)22-15)5-6-16-14(17)9-21-23-16/h1-9,21-23H. The van der Waals surface area contributed by atoms with Gasteiger partial charge in [-0.15, -0.1) is 0 Å². The Balaban J connectivity index is 2.08. The number of hydrogen-bond donors (Lipinski definition) is 3. The molecule has 0 atom stereocenters. The summed E-state index contributed by atoms with van der Waals surface area (Å²) >= 11 is 0. The molecule has 3 aromatic heterocycles. The molecule has 4 nitrogen and oxygen atoms in total.